The van der Waals surface area contributed by atoms with Gasteiger partial charge in [0.15, 0.2) is 0 Å². The molecule has 0 radical (unpaired) electrons. The number of nitriles is 1. The summed E-state index contributed by atoms with van der Waals surface area (Å²) in [5.74, 6) is 1.12. The van der Waals surface area contributed by atoms with E-state index in [0.717, 1.165) is 16.7 Å². The van der Waals surface area contributed by atoms with Crippen LogP contribution >= 0.6 is 7.21 Å². The summed E-state index contributed by atoms with van der Waals surface area (Å²) in [6.07, 6.45) is -0.737. The number of benzene rings is 4. The summed E-state index contributed by atoms with van der Waals surface area (Å²) in [4.78, 5) is 55.5. The monoisotopic (exact) mass is 989 g/mol. The van der Waals surface area contributed by atoms with Gasteiger partial charge >= 0.3 is 409 Å². The van der Waals surface area contributed by atoms with Crippen LogP contribution < -0.4 is 14.8 Å². The summed E-state index contributed by atoms with van der Waals surface area (Å²) in [5, 5.41) is 12.8. The number of hydrogen-bond donors (Lipinski definition) is 3. The Morgan fingerprint density at radius 2 is 1.39 bits per heavy atom. The van der Waals surface area contributed by atoms with Gasteiger partial charge in [-0.15, -0.1) is 0 Å². The van der Waals surface area contributed by atoms with E-state index in [1.54, 1.807) is 54.0 Å². The average molecular weight is 990 g/mol. The van der Waals surface area contributed by atoms with Gasteiger partial charge in [-0.25, -0.2) is 0 Å². The van der Waals surface area contributed by atoms with Crippen molar-refractivity contribution < 1.29 is 38.0 Å². The van der Waals surface area contributed by atoms with E-state index in [4.69, 9.17) is 33.3 Å². The van der Waals surface area contributed by atoms with Crippen LogP contribution in [0.2, 0.25) is 18.1 Å². The van der Waals surface area contributed by atoms with Crippen LogP contribution in [0.3, 0.4) is 0 Å². The van der Waals surface area contributed by atoms with E-state index < -0.39 is 45.2 Å². The first-order valence-electron chi connectivity index (χ1n) is 23.7. The zero-order valence-electron chi connectivity index (χ0n) is 42.1. The molecule has 17 heteroatoms. The van der Waals surface area contributed by atoms with Crippen molar-refractivity contribution in [2.45, 2.75) is 115 Å². The van der Waals surface area contributed by atoms with Gasteiger partial charge in [0.2, 0.25) is 0 Å². The van der Waals surface area contributed by atoms with Crippen molar-refractivity contribution in [3.63, 3.8) is 0 Å². The maximum absolute atomic E-state index is 14.1. The molecule has 7 rings (SSSR count). The van der Waals surface area contributed by atoms with E-state index >= 15 is 0 Å². The van der Waals surface area contributed by atoms with Crippen molar-refractivity contribution in [3.8, 4) is 17.6 Å². The predicted molar refractivity (Wildman–Crippen MR) is 276 cm³/mol. The van der Waals surface area contributed by atoms with Crippen LogP contribution in [0, 0.1) is 11.3 Å². The minimum atomic E-state index is -5.42. The molecule has 0 bridgehead atoms. The number of hydrogen-bond acceptors (Lipinski definition) is 13. The Hall–Kier alpha value is -5.60. The zero-order chi connectivity index (χ0) is 50.7. The van der Waals surface area contributed by atoms with Crippen LogP contribution in [0.15, 0.2) is 122 Å². The third-order valence-electron chi connectivity index (χ3n) is 13.9. The second-order valence-electron chi connectivity index (χ2n) is 20.0. The number of nitrogens with zero attached hydrogens (tertiary/aromatic N) is 6. The molecular weight excluding hydrogens is 922 g/mol. The number of imidazole rings is 1. The van der Waals surface area contributed by atoms with E-state index in [2.05, 4.69) is 50.2 Å². The molecule has 1 aliphatic rings. The summed E-state index contributed by atoms with van der Waals surface area (Å²) >= 11 is 0. The van der Waals surface area contributed by atoms with Crippen molar-refractivity contribution in [1.82, 2.24) is 24.2 Å². The van der Waals surface area contributed by atoms with Crippen LogP contribution in [0.5, 0.6) is 11.5 Å². The molecule has 1 fully saturated rings. The molecule has 372 valence electrons. The summed E-state index contributed by atoms with van der Waals surface area (Å²) in [5.41, 5.74) is 0.884. The Labute approximate surface area is 413 Å². The van der Waals surface area contributed by atoms with Gasteiger partial charge in [-0.1, -0.05) is 6.07 Å². The van der Waals surface area contributed by atoms with Crippen LogP contribution in [-0.2, 0) is 19.5 Å². The fourth-order valence-electron chi connectivity index (χ4n) is 9.83. The van der Waals surface area contributed by atoms with Crippen LogP contribution in [0.25, 0.3) is 11.2 Å². The van der Waals surface area contributed by atoms with E-state index in [9.17, 15) is 19.8 Å². The number of methoxy groups -OCH3 is 2. The van der Waals surface area contributed by atoms with Crippen LogP contribution in [0.4, 0.5) is 5.82 Å². The normalized spacial score (nSPS) is 18.5. The van der Waals surface area contributed by atoms with Crippen molar-refractivity contribution in [1.29, 1.82) is 5.26 Å². The van der Waals surface area contributed by atoms with Crippen LogP contribution in [0.1, 0.15) is 88.2 Å². The number of amides is 1. The number of nitrogens with one attached hydrogen (secondary N) is 1. The minimum absolute atomic E-state index is 0.153. The Morgan fingerprint density at radius 3 is 1.90 bits per heavy atom. The number of ether oxygens (including phenoxy) is 4. The Bertz CT molecular complexity index is 2710. The Balaban J connectivity index is 1.48. The Morgan fingerprint density at radius 1 is 0.843 bits per heavy atom. The number of carbonyl (C=O) groups excluding carboxylic acids is 1. The van der Waals surface area contributed by atoms with Gasteiger partial charge in [-0.2, -0.15) is 0 Å². The topological polar surface area (TPSA) is 186 Å². The molecule has 70 heavy (non-hydrogen) atoms. The van der Waals surface area contributed by atoms with Gasteiger partial charge in [-0.05, 0) is 0 Å². The van der Waals surface area contributed by atoms with Gasteiger partial charge in [0.05, 0.1) is 0 Å². The first-order valence-corrected chi connectivity index (χ1v) is 29.0. The molecule has 3 heterocycles. The van der Waals surface area contributed by atoms with E-state index in [1.165, 1.54) is 6.33 Å². The van der Waals surface area contributed by atoms with E-state index in [1.807, 2.05) is 113 Å². The molecule has 4 aromatic carbocycles. The Kier molecular flexibility index (Phi) is 15.4. The fraction of sp³-hybridized carbons (Fsp3) is 0.415. The number of carbonyl (C=O) groups is 1. The molecule has 0 unspecified atom stereocenters. The molecule has 6 aromatic rings. The van der Waals surface area contributed by atoms with Crippen molar-refractivity contribution in [3.05, 3.63) is 144 Å². The molecule has 0 aliphatic carbocycles. The van der Waals surface area contributed by atoms with Gasteiger partial charge < -0.3 is 0 Å². The molecular formula is C53H68N7O8PSi. The SMILES string of the molecule is COc1ccc(C(OC[C@H]2O[C@@H](n3cnc4c(NC(=O)c5ccccc5)ncnc43)[C@@H](O[Si](C)(C)C(C)(C)C)[C@@H]2P(O)(O)(CCC#N)N(C(C)C)C(C)C)(c2ccccc2)c2ccc(OC)cc2)cc1. The second-order valence-corrected chi connectivity index (χ2v) is 28.7. The molecule has 15 nitrogen and oxygen atoms in total. The van der Waals surface area contributed by atoms with Crippen molar-refractivity contribution in [2.24, 2.45) is 0 Å². The maximum atomic E-state index is 14.1. The molecule has 0 spiro atoms. The van der Waals surface area contributed by atoms with Gasteiger partial charge in [0.1, 0.15) is 0 Å². The summed E-state index contributed by atoms with van der Waals surface area (Å²) < 4.78 is 37.2. The van der Waals surface area contributed by atoms with Gasteiger partial charge in [-0.3, -0.25) is 0 Å². The average Bonchev–Trinajstić information content (AvgIpc) is 3.93. The van der Waals surface area contributed by atoms with Gasteiger partial charge in [0, 0.05) is 0 Å². The third kappa shape index (κ3) is 10.00. The van der Waals surface area contributed by atoms with Crippen molar-refractivity contribution >= 4 is 38.4 Å². The molecule has 1 aliphatic heterocycles. The first-order chi connectivity index (χ1) is 33.2. The van der Waals surface area contributed by atoms with Crippen molar-refractivity contribution in [2.75, 3.05) is 32.3 Å². The van der Waals surface area contributed by atoms with Gasteiger partial charge in [0.25, 0.3) is 0 Å². The number of anilines is 1. The molecule has 2 aromatic heterocycles. The van der Waals surface area contributed by atoms with E-state index in [-0.39, 0.29) is 48.0 Å². The molecule has 0 saturated carbocycles. The molecule has 1 amide bonds. The summed E-state index contributed by atoms with van der Waals surface area (Å²) in [6.45, 7) is 18.1. The van der Waals surface area contributed by atoms with E-state index in [0.29, 0.717) is 28.2 Å². The third-order valence-corrected chi connectivity index (χ3v) is 23.2. The van der Waals surface area contributed by atoms with Crippen LogP contribution in [-0.4, -0.2) is 105 Å². The first kappa shape index (κ1) is 52.2. The fourth-order valence-corrected chi connectivity index (χ4v) is 16.3. The quantitative estimate of drug-likeness (QED) is 0.0396. The number of aromatic nitrogens is 4. The zero-order valence-corrected chi connectivity index (χ0v) is 44.0. The molecule has 4 atom stereocenters. The molecule has 1 saturated heterocycles. The summed E-state index contributed by atoms with van der Waals surface area (Å²) in [7, 11) is -5.04. The number of fused-ring (bicyclic) bond motifs is 1. The predicted octanol–water partition coefficient (Wildman–Crippen LogP) is 10.1. The summed E-state index contributed by atoms with van der Waals surface area (Å²) in [6, 6.07) is 35.5. The molecule has 3 N–H and O–H groups in total. The second kappa shape index (κ2) is 20.6. The standard InChI is InChI=1S/C53H68N7O8PSi/c1-36(2)60(37(3)4)69(62,63,32-18-31-54)47-44(33-66-53(39-21-16-13-17-22-39,40-23-27-42(64-8)28-24-40)41-25-29-43(65-9)30-26-41)67-51(46(47)68-70(10,11)52(5,6)7)59-35-57-45-48(55-34-56-49(45)59)58-50(61)38-19-14-12-15-20-38/h12-17,19-30,34-37,44,46-47,51,62-63H,18,32-33H2,1-11H3,(H,55,56,58,61)/t44-,46+,47-,51-/m1/s1. The number of rotatable bonds is 19.